The van der Waals surface area contributed by atoms with Crippen molar-refractivity contribution in [3.05, 3.63) is 29.2 Å². The van der Waals surface area contributed by atoms with Crippen molar-refractivity contribution >= 4 is 23.4 Å². The maximum absolute atomic E-state index is 14.5. The van der Waals surface area contributed by atoms with Crippen molar-refractivity contribution < 1.29 is 23.5 Å². The number of rotatable bonds is 4. The van der Waals surface area contributed by atoms with Crippen LogP contribution in [0, 0.1) is 11.0 Å². The first kappa shape index (κ1) is 17.6. The lowest BCUT2D eigenvalue weighted by molar-refractivity contribution is -0.119. The number of cyclic esters (lactones) is 1. The zero-order valence-electron chi connectivity index (χ0n) is 13.9. The second-order valence-corrected chi connectivity index (χ2v) is 6.14. The summed E-state index contributed by atoms with van der Waals surface area (Å²) in [4.78, 5) is 24.2. The number of quaternary nitrogens is 1. The zero-order valence-corrected chi connectivity index (χ0v) is 13.9. The Morgan fingerprint density at radius 2 is 2.16 bits per heavy atom. The summed E-state index contributed by atoms with van der Waals surface area (Å²) in [6.45, 7) is 2.64. The predicted octanol–water partition coefficient (Wildman–Crippen LogP) is 1.12. The monoisotopic (exact) mass is 353 g/mol. The van der Waals surface area contributed by atoms with Crippen LogP contribution in [0.5, 0.6) is 0 Å². The molecule has 3 rings (SSSR count). The molecule has 2 amide bonds. The zero-order chi connectivity index (χ0) is 18.0. The predicted molar refractivity (Wildman–Crippen MR) is 88.4 cm³/mol. The number of morpholine rings is 1. The van der Waals surface area contributed by atoms with Gasteiger partial charge in [0.05, 0.1) is 32.0 Å². The van der Waals surface area contributed by atoms with E-state index in [9.17, 15) is 19.2 Å². The number of hydrogen-bond acceptors (Lipinski definition) is 5. The Kier molecular flexibility index (Phi) is 4.89. The van der Waals surface area contributed by atoms with Gasteiger partial charge >= 0.3 is 6.09 Å². The molecule has 0 unspecified atom stereocenters. The molecule has 25 heavy (non-hydrogen) atoms. The first-order chi connectivity index (χ1) is 11.9. The van der Waals surface area contributed by atoms with Gasteiger partial charge in [-0.3, -0.25) is 9.69 Å². The summed E-state index contributed by atoms with van der Waals surface area (Å²) in [6.07, 6.45) is -1.11. The molecule has 9 heteroatoms. The van der Waals surface area contributed by atoms with Crippen LogP contribution in [-0.4, -0.2) is 57.5 Å². The minimum atomic E-state index is -0.776. The van der Waals surface area contributed by atoms with Gasteiger partial charge in [0.25, 0.3) is 0 Å². The number of benzene rings is 1. The summed E-state index contributed by atoms with van der Waals surface area (Å²) in [5, 5.41) is 15.3. The van der Waals surface area contributed by atoms with Gasteiger partial charge in [-0.25, -0.2) is 9.18 Å². The quantitative estimate of drug-likeness (QED) is 0.647. The maximum Gasteiger partial charge on any atom is 0.414 e. The third-order valence-corrected chi connectivity index (χ3v) is 4.33. The van der Waals surface area contributed by atoms with Crippen LogP contribution in [0.15, 0.2) is 18.2 Å². The summed E-state index contributed by atoms with van der Waals surface area (Å²) in [7, 11) is 0. The van der Waals surface area contributed by atoms with Crippen LogP contribution in [0.25, 0.3) is 0 Å². The van der Waals surface area contributed by atoms with Gasteiger partial charge in [-0.05, 0) is 6.07 Å². The number of halogens is 1. The van der Waals surface area contributed by atoms with Crippen molar-refractivity contribution in [2.24, 2.45) is 0 Å². The lowest BCUT2D eigenvalue weighted by atomic mass is 10.2. The normalized spacial score (nSPS) is 22.6. The number of hydrogen-bond donors (Lipinski definition) is 1. The molecule has 2 aliphatic heterocycles. The van der Waals surface area contributed by atoms with Crippen molar-refractivity contribution in [2.75, 3.05) is 44.3 Å². The molecule has 0 spiro atoms. The van der Waals surface area contributed by atoms with Gasteiger partial charge in [-0.1, -0.05) is 0 Å². The molecule has 2 saturated heterocycles. The van der Waals surface area contributed by atoms with Gasteiger partial charge in [-0.2, -0.15) is 0 Å². The number of nitrogens with zero attached hydrogens (tertiary/aromatic N) is 2. The summed E-state index contributed by atoms with van der Waals surface area (Å²) in [5.41, 5.74) is 0.353. The van der Waals surface area contributed by atoms with Crippen LogP contribution in [0.4, 0.5) is 20.6 Å². The second-order valence-electron chi connectivity index (χ2n) is 6.14. The number of anilines is 1. The molecule has 2 aliphatic rings. The lowest BCUT2D eigenvalue weighted by Gasteiger charge is -2.44. The highest BCUT2D eigenvalue weighted by molar-refractivity contribution is 5.90. The van der Waals surface area contributed by atoms with E-state index in [1.807, 2.05) is 0 Å². The summed E-state index contributed by atoms with van der Waals surface area (Å²) < 4.78 is 24.1. The molecule has 2 heterocycles. The van der Waals surface area contributed by atoms with Crippen molar-refractivity contribution in [3.8, 4) is 0 Å². The Morgan fingerprint density at radius 3 is 2.80 bits per heavy atom. The molecule has 8 nitrogen and oxygen atoms in total. The van der Waals surface area contributed by atoms with E-state index in [4.69, 9.17) is 9.47 Å². The third kappa shape index (κ3) is 3.73. The third-order valence-electron chi connectivity index (χ3n) is 4.33. The number of ether oxygens (including phenoxy) is 2. The molecule has 0 radical (unpaired) electrons. The van der Waals surface area contributed by atoms with Crippen LogP contribution in [0.1, 0.15) is 6.92 Å². The van der Waals surface area contributed by atoms with E-state index in [-0.39, 0.29) is 51.0 Å². The molecular weight excluding hydrogens is 333 g/mol. The number of carbonyl (C=O) groups is 2. The standard InChI is InChI=1S/C16H20FN3O5/c1-11(21)18-9-13-10-19(16(22)25-13)12-2-3-15(14(17)8-12)20(23)4-6-24-7-5-20/h2-3,8,13H,4-7,9-10H2,1H3,(H,18,21)/t13-/m0/s1. The first-order valence-electron chi connectivity index (χ1n) is 8.07. The molecule has 0 saturated carbocycles. The number of amides is 2. The molecule has 136 valence electrons. The Morgan fingerprint density at radius 1 is 1.44 bits per heavy atom. The van der Waals surface area contributed by atoms with E-state index < -0.39 is 22.7 Å². The van der Waals surface area contributed by atoms with Crippen LogP contribution >= 0.6 is 0 Å². The minimum Gasteiger partial charge on any atom is -0.627 e. The fourth-order valence-electron chi connectivity index (χ4n) is 2.97. The summed E-state index contributed by atoms with van der Waals surface area (Å²) in [6, 6.07) is 4.12. The molecule has 1 atom stereocenters. The SMILES string of the molecule is CC(=O)NC[C@H]1CN(c2ccc([N+]3([O-])CCOCC3)c(F)c2)C(=O)O1. The molecular formula is C16H20FN3O5. The van der Waals surface area contributed by atoms with E-state index in [0.29, 0.717) is 5.69 Å². The topological polar surface area (TPSA) is 90.9 Å². The molecule has 0 aliphatic carbocycles. The average molecular weight is 353 g/mol. The Bertz CT molecular complexity index is 678. The fourth-order valence-corrected chi connectivity index (χ4v) is 2.97. The Balaban J connectivity index is 1.74. The Labute approximate surface area is 144 Å². The number of carbonyl (C=O) groups excluding carboxylic acids is 2. The van der Waals surface area contributed by atoms with Crippen LogP contribution in [0.2, 0.25) is 0 Å². The van der Waals surface area contributed by atoms with E-state index in [1.165, 1.54) is 30.0 Å². The number of nitrogens with one attached hydrogen (secondary N) is 1. The Hall–Kier alpha value is -2.23. The van der Waals surface area contributed by atoms with E-state index in [2.05, 4.69) is 5.32 Å². The largest absolute Gasteiger partial charge is 0.627 e. The molecule has 0 aromatic heterocycles. The number of hydroxylamine groups is 2. The van der Waals surface area contributed by atoms with Crippen LogP contribution in [-0.2, 0) is 14.3 Å². The van der Waals surface area contributed by atoms with E-state index >= 15 is 0 Å². The van der Waals surface area contributed by atoms with Gasteiger partial charge < -0.3 is 24.6 Å². The summed E-state index contributed by atoms with van der Waals surface area (Å²) >= 11 is 0. The molecule has 2 fully saturated rings. The van der Waals surface area contributed by atoms with Gasteiger partial charge in [0.15, 0.2) is 11.5 Å². The maximum atomic E-state index is 14.5. The highest BCUT2D eigenvalue weighted by Crippen LogP contribution is 2.31. The smallest absolute Gasteiger partial charge is 0.414 e. The van der Waals surface area contributed by atoms with Crippen LogP contribution in [0.3, 0.4) is 0 Å². The van der Waals surface area contributed by atoms with Crippen molar-refractivity contribution in [1.82, 2.24) is 9.96 Å². The van der Waals surface area contributed by atoms with Crippen molar-refractivity contribution in [2.45, 2.75) is 13.0 Å². The highest BCUT2D eigenvalue weighted by Gasteiger charge is 2.34. The molecule has 1 N–H and O–H groups in total. The van der Waals surface area contributed by atoms with Gasteiger partial charge in [0, 0.05) is 19.1 Å². The summed E-state index contributed by atoms with van der Waals surface area (Å²) in [5.74, 6) is -0.882. The van der Waals surface area contributed by atoms with Gasteiger partial charge in [-0.15, -0.1) is 0 Å². The fraction of sp³-hybridized carbons (Fsp3) is 0.500. The molecule has 0 bridgehead atoms. The van der Waals surface area contributed by atoms with E-state index in [1.54, 1.807) is 0 Å². The molecule has 1 aromatic rings. The first-order valence-corrected chi connectivity index (χ1v) is 8.07. The molecule has 1 aromatic carbocycles. The van der Waals surface area contributed by atoms with Crippen LogP contribution < -0.4 is 14.9 Å². The lowest BCUT2D eigenvalue weighted by Crippen LogP contribution is -2.52. The van der Waals surface area contributed by atoms with Crippen molar-refractivity contribution in [1.29, 1.82) is 0 Å². The van der Waals surface area contributed by atoms with Crippen molar-refractivity contribution in [3.63, 3.8) is 0 Å². The van der Waals surface area contributed by atoms with Gasteiger partial charge in [0.1, 0.15) is 19.2 Å². The van der Waals surface area contributed by atoms with Gasteiger partial charge in [0.2, 0.25) is 5.91 Å². The minimum absolute atomic E-state index is 0.0365. The average Bonchev–Trinajstić information content (AvgIpc) is 2.94. The highest BCUT2D eigenvalue weighted by atomic mass is 19.1. The van der Waals surface area contributed by atoms with E-state index in [0.717, 1.165) is 0 Å². The second kappa shape index (κ2) is 6.95.